The number of hydrogen-bond donors (Lipinski definition) is 1. The number of nitrogens with one attached hydrogen (secondary N) is 1. The molecule has 1 unspecified atom stereocenters. The van der Waals surface area contributed by atoms with Gasteiger partial charge in [-0.15, -0.1) is 0 Å². The molecule has 0 radical (unpaired) electrons. The highest BCUT2D eigenvalue weighted by Gasteiger charge is 2.25. The SMILES string of the molecule is c1ccc(C2=NC(c3ccccc3)NC(c3cc(-n4c5ccccc5c5cc6ccc7ccccc7c6cc54)c4c(c3)oc3ccccc34)=N2)cc1. The molecule has 1 atom stereocenters. The largest absolute Gasteiger partial charge is 0.456 e. The number of fused-ring (bicyclic) bond motifs is 9. The zero-order valence-electron chi connectivity index (χ0n) is 28.0. The van der Waals surface area contributed by atoms with E-state index in [2.05, 4.69) is 131 Å². The van der Waals surface area contributed by atoms with E-state index in [0.717, 1.165) is 61.2 Å². The summed E-state index contributed by atoms with van der Waals surface area (Å²) in [4.78, 5) is 10.3. The third-order valence-corrected chi connectivity index (χ3v) is 10.4. The lowest BCUT2D eigenvalue weighted by molar-refractivity contribution is 0.666. The molecule has 1 N–H and O–H groups in total. The molecule has 0 aliphatic carbocycles. The van der Waals surface area contributed by atoms with Crippen molar-refractivity contribution in [3.63, 3.8) is 0 Å². The zero-order chi connectivity index (χ0) is 34.2. The Kier molecular flexibility index (Phi) is 6.25. The molecule has 0 amide bonds. The lowest BCUT2D eigenvalue weighted by Gasteiger charge is -2.24. The summed E-state index contributed by atoms with van der Waals surface area (Å²) in [6.07, 6.45) is -0.313. The van der Waals surface area contributed by atoms with Gasteiger partial charge in [0.25, 0.3) is 0 Å². The first kappa shape index (κ1) is 28.8. The van der Waals surface area contributed by atoms with E-state index >= 15 is 0 Å². The highest BCUT2D eigenvalue weighted by Crippen LogP contribution is 2.41. The molecule has 2 aromatic heterocycles. The van der Waals surface area contributed by atoms with Crippen LogP contribution >= 0.6 is 0 Å². The first-order chi connectivity index (χ1) is 25.8. The van der Waals surface area contributed by atoms with Crippen LogP contribution in [0.25, 0.3) is 71.0 Å². The summed E-state index contributed by atoms with van der Waals surface area (Å²) in [5.74, 6) is 1.42. The summed E-state index contributed by atoms with van der Waals surface area (Å²) in [6, 6.07) is 59.8. The fourth-order valence-corrected chi connectivity index (χ4v) is 7.99. The summed E-state index contributed by atoms with van der Waals surface area (Å²) in [6.45, 7) is 0. The maximum Gasteiger partial charge on any atom is 0.159 e. The number of aliphatic imine (C=N–C) groups is 2. The second-order valence-corrected chi connectivity index (χ2v) is 13.4. The van der Waals surface area contributed by atoms with Gasteiger partial charge in [0.05, 0.1) is 22.1 Å². The van der Waals surface area contributed by atoms with Crippen LogP contribution in [0.3, 0.4) is 0 Å². The van der Waals surface area contributed by atoms with Crippen LogP contribution < -0.4 is 5.32 Å². The van der Waals surface area contributed by atoms with Crippen LogP contribution in [0.2, 0.25) is 0 Å². The van der Waals surface area contributed by atoms with Gasteiger partial charge in [-0.1, -0.05) is 133 Å². The van der Waals surface area contributed by atoms with Gasteiger partial charge in [-0.05, 0) is 63.5 Å². The molecule has 0 spiro atoms. The number of rotatable bonds is 4. The normalized spacial score (nSPS) is 14.7. The van der Waals surface area contributed by atoms with Gasteiger partial charge in [-0.3, -0.25) is 0 Å². The molecule has 3 heterocycles. The number of furan rings is 1. The van der Waals surface area contributed by atoms with Crippen LogP contribution in [0, 0.1) is 0 Å². The molecule has 5 nitrogen and oxygen atoms in total. The van der Waals surface area contributed by atoms with Gasteiger partial charge in [0, 0.05) is 27.3 Å². The van der Waals surface area contributed by atoms with Crippen molar-refractivity contribution < 1.29 is 4.42 Å². The summed E-state index contributed by atoms with van der Waals surface area (Å²) in [5, 5.41) is 13.2. The van der Waals surface area contributed by atoms with Crippen molar-refractivity contribution in [2.75, 3.05) is 0 Å². The Balaban J connectivity index is 1.22. The molecular formula is C47H30N4O. The Hall–Kier alpha value is -6.98. The van der Waals surface area contributed by atoms with E-state index in [1.807, 2.05) is 48.5 Å². The smallest absolute Gasteiger partial charge is 0.159 e. The van der Waals surface area contributed by atoms with Crippen molar-refractivity contribution in [2.24, 2.45) is 9.98 Å². The molecule has 10 aromatic rings. The number of hydrogen-bond acceptors (Lipinski definition) is 4. The van der Waals surface area contributed by atoms with Crippen LogP contribution in [0.4, 0.5) is 0 Å². The lowest BCUT2D eigenvalue weighted by Crippen LogP contribution is -2.33. The van der Waals surface area contributed by atoms with Crippen molar-refractivity contribution in [1.82, 2.24) is 9.88 Å². The Bertz CT molecular complexity index is 3100. The Morgan fingerprint density at radius 1 is 0.500 bits per heavy atom. The number of benzene rings is 8. The molecule has 0 saturated heterocycles. The van der Waals surface area contributed by atoms with Gasteiger partial charge in [0.15, 0.2) is 5.84 Å². The number of para-hydroxylation sites is 2. The monoisotopic (exact) mass is 666 g/mol. The van der Waals surface area contributed by atoms with Crippen molar-refractivity contribution in [1.29, 1.82) is 0 Å². The minimum absolute atomic E-state index is 0.313. The van der Waals surface area contributed by atoms with Crippen LogP contribution in [0.5, 0.6) is 0 Å². The molecule has 0 fully saturated rings. The standard InChI is InChI=1S/C47H30N4O/c1-3-14-30(15-4-1)45-48-46(31-16-5-2-6-17-31)50-47(49-45)33-26-41(44-36-20-10-12-22-42(36)52-43(44)27-33)51-39-21-11-9-19-35(39)38-25-32-24-23-29-13-7-8-18-34(29)37(32)28-40(38)51/h1-28,45H,(H,48,49,50). The van der Waals surface area contributed by atoms with E-state index in [9.17, 15) is 0 Å². The van der Waals surface area contributed by atoms with Gasteiger partial charge >= 0.3 is 0 Å². The predicted molar refractivity (Wildman–Crippen MR) is 215 cm³/mol. The number of amidine groups is 2. The summed E-state index contributed by atoms with van der Waals surface area (Å²) < 4.78 is 9.09. The maximum absolute atomic E-state index is 6.67. The quantitative estimate of drug-likeness (QED) is 0.190. The van der Waals surface area contributed by atoms with Crippen LogP contribution in [0.1, 0.15) is 22.9 Å². The number of nitrogens with zero attached hydrogens (tertiary/aromatic N) is 3. The van der Waals surface area contributed by atoms with Gasteiger partial charge in [-0.25, -0.2) is 9.98 Å². The van der Waals surface area contributed by atoms with E-state index in [1.54, 1.807) is 0 Å². The van der Waals surface area contributed by atoms with Crippen LogP contribution in [-0.2, 0) is 0 Å². The number of aromatic nitrogens is 1. The van der Waals surface area contributed by atoms with Gasteiger partial charge in [-0.2, -0.15) is 0 Å². The lowest BCUT2D eigenvalue weighted by atomic mass is 10.00. The minimum atomic E-state index is -0.313. The molecule has 8 aromatic carbocycles. The van der Waals surface area contributed by atoms with Crippen molar-refractivity contribution >= 4 is 77.0 Å². The molecule has 11 rings (SSSR count). The maximum atomic E-state index is 6.67. The molecule has 1 aliphatic heterocycles. The molecule has 52 heavy (non-hydrogen) atoms. The molecular weight excluding hydrogens is 637 g/mol. The van der Waals surface area contributed by atoms with Crippen molar-refractivity contribution in [3.05, 3.63) is 187 Å². The summed E-state index contributed by atoms with van der Waals surface area (Å²) in [7, 11) is 0. The minimum Gasteiger partial charge on any atom is -0.456 e. The molecule has 244 valence electrons. The van der Waals surface area contributed by atoms with E-state index in [1.165, 1.54) is 32.3 Å². The first-order valence-electron chi connectivity index (χ1n) is 17.6. The van der Waals surface area contributed by atoms with Crippen LogP contribution in [-0.4, -0.2) is 16.2 Å². The topological polar surface area (TPSA) is 54.8 Å². The molecule has 0 saturated carbocycles. The van der Waals surface area contributed by atoms with Gasteiger partial charge in [0.2, 0.25) is 0 Å². The van der Waals surface area contributed by atoms with Gasteiger partial charge in [0.1, 0.15) is 23.2 Å². The highest BCUT2D eigenvalue weighted by atomic mass is 16.3. The Morgan fingerprint density at radius 2 is 1.21 bits per heavy atom. The molecule has 1 aliphatic rings. The van der Waals surface area contributed by atoms with Crippen molar-refractivity contribution in [3.8, 4) is 5.69 Å². The molecule has 0 bridgehead atoms. The highest BCUT2D eigenvalue weighted by molar-refractivity contribution is 6.21. The fraction of sp³-hybridized carbons (Fsp3) is 0.0213. The van der Waals surface area contributed by atoms with Crippen LogP contribution in [0.15, 0.2) is 184 Å². The second-order valence-electron chi connectivity index (χ2n) is 13.4. The Morgan fingerprint density at radius 3 is 2.08 bits per heavy atom. The van der Waals surface area contributed by atoms with Crippen molar-refractivity contribution in [2.45, 2.75) is 6.17 Å². The van der Waals surface area contributed by atoms with E-state index in [-0.39, 0.29) is 6.17 Å². The summed E-state index contributed by atoms with van der Waals surface area (Å²) >= 11 is 0. The first-order valence-corrected chi connectivity index (χ1v) is 17.6. The van der Waals surface area contributed by atoms with E-state index < -0.39 is 0 Å². The van der Waals surface area contributed by atoms with E-state index in [0.29, 0.717) is 5.84 Å². The summed E-state index contributed by atoms with van der Waals surface area (Å²) in [5.41, 5.74) is 7.91. The van der Waals surface area contributed by atoms with E-state index in [4.69, 9.17) is 14.4 Å². The average molecular weight is 667 g/mol. The van der Waals surface area contributed by atoms with Gasteiger partial charge < -0.3 is 14.3 Å². The predicted octanol–water partition coefficient (Wildman–Crippen LogP) is 11.5. The third kappa shape index (κ3) is 4.42. The zero-order valence-corrected chi connectivity index (χ0v) is 28.0. The Labute approximate surface area is 298 Å². The fourth-order valence-electron chi connectivity index (χ4n) is 7.99. The molecule has 5 heteroatoms. The second kappa shape index (κ2) is 11.3. The average Bonchev–Trinajstić information content (AvgIpc) is 3.75. The third-order valence-electron chi connectivity index (χ3n) is 10.4.